The van der Waals surface area contributed by atoms with Crippen LogP contribution < -0.4 is 14.4 Å². The van der Waals surface area contributed by atoms with Crippen LogP contribution in [0.5, 0.6) is 11.5 Å². The molecule has 27 heavy (non-hydrogen) atoms. The highest BCUT2D eigenvalue weighted by Gasteiger charge is 2.34. The highest BCUT2D eigenvalue weighted by atomic mass is 16.5. The quantitative estimate of drug-likeness (QED) is 0.793. The minimum Gasteiger partial charge on any atom is -0.497 e. The highest BCUT2D eigenvalue weighted by Crippen LogP contribution is 2.38. The van der Waals surface area contributed by atoms with Crippen molar-refractivity contribution in [3.63, 3.8) is 0 Å². The van der Waals surface area contributed by atoms with Crippen molar-refractivity contribution in [2.24, 2.45) is 0 Å². The monoisotopic (exact) mass is 376 g/mol. The van der Waals surface area contributed by atoms with E-state index in [-0.39, 0.29) is 17.9 Å². The van der Waals surface area contributed by atoms with Gasteiger partial charge in [-0.25, -0.2) is 0 Å². The van der Waals surface area contributed by atoms with E-state index in [0.29, 0.717) is 6.54 Å². The molecule has 0 saturated carbocycles. The Kier molecular flexibility index (Phi) is 6.21. The third-order valence-corrected chi connectivity index (χ3v) is 5.69. The number of nitrogens with one attached hydrogen (secondary N) is 1. The van der Waals surface area contributed by atoms with Crippen molar-refractivity contribution >= 4 is 11.8 Å². The highest BCUT2D eigenvalue weighted by molar-refractivity contribution is 5.78. The Labute approximate surface area is 160 Å². The third-order valence-electron chi connectivity index (χ3n) is 5.69. The maximum atomic E-state index is 13.0. The first kappa shape index (κ1) is 19.5. The van der Waals surface area contributed by atoms with Crippen molar-refractivity contribution in [3.8, 4) is 11.5 Å². The molecule has 0 radical (unpaired) electrons. The predicted octanol–water partition coefficient (Wildman–Crippen LogP) is 0.114. The molecule has 0 unspecified atom stereocenters. The minimum atomic E-state index is 0.0282. The molecule has 3 rings (SSSR count). The number of likely N-dealkylation sites (tertiary alicyclic amines) is 1. The first-order chi connectivity index (χ1) is 13.0. The van der Waals surface area contributed by atoms with Crippen molar-refractivity contribution in [3.05, 3.63) is 23.8 Å². The van der Waals surface area contributed by atoms with Gasteiger partial charge in [0.25, 0.3) is 5.91 Å². The fourth-order valence-electron chi connectivity index (χ4n) is 4.12. The van der Waals surface area contributed by atoms with Crippen molar-refractivity contribution in [2.75, 3.05) is 53.5 Å². The molecular weight excluding hydrogens is 346 g/mol. The molecule has 2 fully saturated rings. The van der Waals surface area contributed by atoms with Crippen molar-refractivity contribution < 1.29 is 24.0 Å². The van der Waals surface area contributed by atoms with Gasteiger partial charge in [0.05, 0.1) is 46.4 Å². The molecule has 2 saturated heterocycles. The van der Waals surface area contributed by atoms with Crippen LogP contribution in [0.15, 0.2) is 18.2 Å². The molecule has 1 aromatic rings. The normalized spacial score (nSPS) is 20.6. The molecule has 0 bridgehead atoms. The van der Waals surface area contributed by atoms with Crippen molar-refractivity contribution in [2.45, 2.75) is 25.8 Å². The SMILES string of the molecule is COc1ccc(OC)c([C@@H]2CCCN2C(=O)C[NH+]2CCN(C(C)=O)CC2)c1. The summed E-state index contributed by atoms with van der Waals surface area (Å²) in [7, 11) is 3.30. The largest absolute Gasteiger partial charge is 0.497 e. The van der Waals surface area contributed by atoms with E-state index in [1.807, 2.05) is 28.0 Å². The van der Waals surface area contributed by atoms with Crippen LogP contribution >= 0.6 is 0 Å². The van der Waals surface area contributed by atoms with Crippen LogP contribution in [0.1, 0.15) is 31.4 Å². The van der Waals surface area contributed by atoms with Gasteiger partial charge in [-0.15, -0.1) is 0 Å². The molecule has 0 aliphatic carbocycles. The van der Waals surface area contributed by atoms with Crippen LogP contribution in [0.3, 0.4) is 0 Å². The molecule has 7 nitrogen and oxygen atoms in total. The molecule has 2 aliphatic heterocycles. The lowest BCUT2D eigenvalue weighted by atomic mass is 10.0. The number of carbonyl (C=O) groups is 2. The molecule has 1 N–H and O–H groups in total. The van der Waals surface area contributed by atoms with Gasteiger partial charge in [0.15, 0.2) is 6.54 Å². The van der Waals surface area contributed by atoms with Crippen LogP contribution in [-0.2, 0) is 9.59 Å². The van der Waals surface area contributed by atoms with Crippen LogP contribution in [0.25, 0.3) is 0 Å². The molecule has 7 heteroatoms. The van der Waals surface area contributed by atoms with Gasteiger partial charge in [-0.1, -0.05) is 0 Å². The predicted molar refractivity (Wildman–Crippen MR) is 101 cm³/mol. The van der Waals surface area contributed by atoms with E-state index in [2.05, 4.69) is 0 Å². The van der Waals surface area contributed by atoms with Gasteiger partial charge in [0, 0.05) is 19.0 Å². The maximum absolute atomic E-state index is 13.0. The maximum Gasteiger partial charge on any atom is 0.278 e. The topological polar surface area (TPSA) is 63.5 Å². The number of piperazine rings is 1. The lowest BCUT2D eigenvalue weighted by Crippen LogP contribution is -3.15. The van der Waals surface area contributed by atoms with E-state index >= 15 is 0 Å². The summed E-state index contributed by atoms with van der Waals surface area (Å²) in [6.45, 7) is 5.96. The number of methoxy groups -OCH3 is 2. The summed E-state index contributed by atoms with van der Waals surface area (Å²) >= 11 is 0. The second-order valence-corrected chi connectivity index (χ2v) is 7.29. The molecule has 1 atom stereocenters. The van der Waals surface area contributed by atoms with E-state index in [4.69, 9.17) is 9.47 Å². The van der Waals surface area contributed by atoms with Crippen LogP contribution in [0, 0.1) is 0 Å². The molecule has 0 aromatic heterocycles. The average Bonchev–Trinajstić information content (AvgIpc) is 3.17. The van der Waals surface area contributed by atoms with Gasteiger partial charge >= 0.3 is 0 Å². The fourth-order valence-corrected chi connectivity index (χ4v) is 4.12. The summed E-state index contributed by atoms with van der Waals surface area (Å²) in [5.74, 6) is 1.86. The number of carbonyl (C=O) groups excluding carboxylic acids is 2. The molecule has 148 valence electrons. The van der Waals surface area contributed by atoms with E-state index in [9.17, 15) is 9.59 Å². The molecule has 2 amide bonds. The summed E-state index contributed by atoms with van der Waals surface area (Å²) in [6.07, 6.45) is 1.92. The lowest BCUT2D eigenvalue weighted by molar-refractivity contribution is -0.896. The Morgan fingerprint density at radius 1 is 1.15 bits per heavy atom. The summed E-state index contributed by atoms with van der Waals surface area (Å²) in [5.41, 5.74) is 1.01. The van der Waals surface area contributed by atoms with Crippen molar-refractivity contribution in [1.82, 2.24) is 9.80 Å². The van der Waals surface area contributed by atoms with Crippen LogP contribution in [0.4, 0.5) is 0 Å². The molecular formula is C20H30N3O4+. The van der Waals surface area contributed by atoms with E-state index in [1.165, 1.54) is 4.90 Å². The van der Waals surface area contributed by atoms with Crippen LogP contribution in [0.2, 0.25) is 0 Å². The average molecular weight is 376 g/mol. The lowest BCUT2D eigenvalue weighted by Gasteiger charge is -2.33. The number of quaternary nitrogens is 1. The second kappa shape index (κ2) is 8.61. The number of hydrogen-bond acceptors (Lipinski definition) is 4. The van der Waals surface area contributed by atoms with Gasteiger partial charge in [0.1, 0.15) is 11.5 Å². The molecule has 2 aliphatic rings. The van der Waals surface area contributed by atoms with Gasteiger partial charge < -0.3 is 24.2 Å². The number of hydrogen-bond donors (Lipinski definition) is 1. The van der Waals surface area contributed by atoms with E-state index in [1.54, 1.807) is 21.1 Å². The number of rotatable bonds is 5. The Hall–Kier alpha value is -2.28. The molecule has 2 heterocycles. The smallest absolute Gasteiger partial charge is 0.278 e. The van der Waals surface area contributed by atoms with E-state index in [0.717, 1.165) is 62.6 Å². The van der Waals surface area contributed by atoms with Gasteiger partial charge in [-0.3, -0.25) is 9.59 Å². The second-order valence-electron chi connectivity index (χ2n) is 7.29. The number of ether oxygens (including phenoxy) is 2. The standard InChI is InChI=1S/C20H29N3O4/c1-15(24)22-11-9-21(10-12-22)14-20(25)23-8-4-5-18(23)17-13-16(26-2)6-7-19(17)27-3/h6-7,13,18H,4-5,8-12,14H2,1-3H3/p+1/t18-/m0/s1. The summed E-state index contributed by atoms with van der Waals surface area (Å²) < 4.78 is 10.9. The Morgan fingerprint density at radius 2 is 1.89 bits per heavy atom. The Balaban J connectivity index is 1.68. The number of amides is 2. The van der Waals surface area contributed by atoms with E-state index < -0.39 is 0 Å². The Bertz CT molecular complexity index is 686. The summed E-state index contributed by atoms with van der Waals surface area (Å²) in [6, 6.07) is 5.79. The molecule has 1 aromatic carbocycles. The summed E-state index contributed by atoms with van der Waals surface area (Å²) in [4.78, 5) is 29.6. The number of benzene rings is 1. The zero-order chi connectivity index (χ0) is 19.4. The van der Waals surface area contributed by atoms with Gasteiger partial charge in [0.2, 0.25) is 5.91 Å². The first-order valence-electron chi connectivity index (χ1n) is 9.64. The Morgan fingerprint density at radius 3 is 2.52 bits per heavy atom. The van der Waals surface area contributed by atoms with Crippen LogP contribution in [-0.4, -0.2) is 75.1 Å². The van der Waals surface area contributed by atoms with Crippen molar-refractivity contribution in [1.29, 1.82) is 0 Å². The van der Waals surface area contributed by atoms with Gasteiger partial charge in [-0.2, -0.15) is 0 Å². The zero-order valence-electron chi connectivity index (χ0n) is 16.5. The fraction of sp³-hybridized carbons (Fsp3) is 0.600. The number of nitrogens with zero attached hydrogens (tertiary/aromatic N) is 2. The summed E-state index contributed by atoms with van der Waals surface area (Å²) in [5, 5.41) is 0. The zero-order valence-corrected chi connectivity index (χ0v) is 16.5. The minimum absolute atomic E-state index is 0.0282. The molecule has 0 spiro atoms. The first-order valence-corrected chi connectivity index (χ1v) is 9.64. The van der Waals surface area contributed by atoms with Gasteiger partial charge in [-0.05, 0) is 31.0 Å². The third kappa shape index (κ3) is 4.35.